The molecule has 1 N–H and O–H groups in total. The third-order valence-electron chi connectivity index (χ3n) is 3.68. The van der Waals surface area contributed by atoms with Gasteiger partial charge in [0.15, 0.2) is 0 Å². The molecule has 2 amide bonds. The Labute approximate surface area is 124 Å². The number of methoxy groups -OCH3 is 1. The van der Waals surface area contributed by atoms with Gasteiger partial charge >= 0.3 is 6.03 Å². The van der Waals surface area contributed by atoms with Gasteiger partial charge in [0.05, 0.1) is 24.9 Å². The summed E-state index contributed by atoms with van der Waals surface area (Å²) in [6.45, 7) is 4.55. The zero-order valence-corrected chi connectivity index (χ0v) is 12.4. The average Bonchev–Trinajstić information content (AvgIpc) is 2.54. The predicted octanol–water partition coefficient (Wildman–Crippen LogP) is 1.76. The molecule has 21 heavy (non-hydrogen) atoms. The summed E-state index contributed by atoms with van der Waals surface area (Å²) in [5.41, 5.74) is 0.665. The van der Waals surface area contributed by atoms with E-state index in [0.717, 1.165) is 0 Å². The molecule has 1 saturated heterocycles. The van der Waals surface area contributed by atoms with Crippen molar-refractivity contribution in [3.05, 3.63) is 24.3 Å². The van der Waals surface area contributed by atoms with Crippen LogP contribution in [0, 0.1) is 11.3 Å². The van der Waals surface area contributed by atoms with Crippen LogP contribution in [0.15, 0.2) is 24.3 Å². The standard InChI is InChI=1S/C15H20N4O2/c1-12(11-16)18-7-9-19(10-8-18)15(20)17-13-5-3-4-6-14(13)21-2/h3-6,12H,7-10H2,1-2H3,(H,17,20). The van der Waals surface area contributed by atoms with Gasteiger partial charge in [0.25, 0.3) is 0 Å². The molecule has 1 fully saturated rings. The van der Waals surface area contributed by atoms with E-state index in [1.807, 2.05) is 31.2 Å². The summed E-state index contributed by atoms with van der Waals surface area (Å²) in [5.74, 6) is 0.641. The Hall–Kier alpha value is -2.26. The zero-order chi connectivity index (χ0) is 15.2. The number of ether oxygens (including phenoxy) is 1. The number of nitrogens with one attached hydrogen (secondary N) is 1. The molecule has 0 spiro atoms. The summed E-state index contributed by atoms with van der Waals surface area (Å²) >= 11 is 0. The number of anilines is 1. The fourth-order valence-electron chi connectivity index (χ4n) is 2.34. The molecule has 112 valence electrons. The molecule has 1 aromatic rings. The van der Waals surface area contributed by atoms with E-state index in [4.69, 9.17) is 10.00 Å². The highest BCUT2D eigenvalue weighted by atomic mass is 16.5. The van der Waals surface area contributed by atoms with Crippen molar-refractivity contribution in [1.82, 2.24) is 9.80 Å². The first kappa shape index (κ1) is 15.1. The second-order valence-corrected chi connectivity index (χ2v) is 4.96. The minimum Gasteiger partial charge on any atom is -0.495 e. The van der Waals surface area contributed by atoms with Crippen molar-refractivity contribution in [1.29, 1.82) is 5.26 Å². The number of hydrogen-bond donors (Lipinski definition) is 1. The normalized spacial score (nSPS) is 16.9. The van der Waals surface area contributed by atoms with Crippen LogP contribution in [0.4, 0.5) is 10.5 Å². The molecule has 1 aromatic carbocycles. The average molecular weight is 288 g/mol. The highest BCUT2D eigenvalue weighted by molar-refractivity contribution is 5.91. The fourth-order valence-corrected chi connectivity index (χ4v) is 2.34. The number of hydrogen-bond acceptors (Lipinski definition) is 4. The van der Waals surface area contributed by atoms with Gasteiger partial charge in [0.1, 0.15) is 5.75 Å². The lowest BCUT2D eigenvalue weighted by Gasteiger charge is -2.35. The molecular formula is C15H20N4O2. The van der Waals surface area contributed by atoms with E-state index in [1.165, 1.54) is 0 Å². The molecule has 0 saturated carbocycles. The van der Waals surface area contributed by atoms with Crippen LogP contribution in [0.25, 0.3) is 0 Å². The van der Waals surface area contributed by atoms with Crippen LogP contribution in [0.1, 0.15) is 6.92 Å². The van der Waals surface area contributed by atoms with Crippen LogP contribution in [0.2, 0.25) is 0 Å². The number of amides is 2. The van der Waals surface area contributed by atoms with Crippen LogP contribution in [-0.4, -0.2) is 55.2 Å². The van der Waals surface area contributed by atoms with E-state index in [0.29, 0.717) is 37.6 Å². The maximum absolute atomic E-state index is 12.3. The van der Waals surface area contributed by atoms with Gasteiger partial charge < -0.3 is 15.0 Å². The Kier molecular flexibility index (Phi) is 5.01. The van der Waals surface area contributed by atoms with E-state index in [2.05, 4.69) is 16.3 Å². The number of carbonyl (C=O) groups excluding carboxylic acids is 1. The molecule has 6 nitrogen and oxygen atoms in total. The minimum atomic E-state index is -0.135. The van der Waals surface area contributed by atoms with Gasteiger partial charge in [-0.1, -0.05) is 12.1 Å². The first-order valence-electron chi connectivity index (χ1n) is 6.98. The number of nitriles is 1. The molecule has 1 unspecified atom stereocenters. The van der Waals surface area contributed by atoms with E-state index < -0.39 is 0 Å². The molecule has 1 aliphatic rings. The van der Waals surface area contributed by atoms with Crippen LogP contribution >= 0.6 is 0 Å². The van der Waals surface area contributed by atoms with Gasteiger partial charge in [-0.15, -0.1) is 0 Å². The van der Waals surface area contributed by atoms with Gasteiger partial charge in [0.2, 0.25) is 0 Å². The van der Waals surface area contributed by atoms with Gasteiger partial charge in [-0.05, 0) is 19.1 Å². The molecule has 1 aliphatic heterocycles. The fraction of sp³-hybridized carbons (Fsp3) is 0.467. The summed E-state index contributed by atoms with van der Waals surface area (Å²) in [6.07, 6.45) is 0. The molecule has 0 aromatic heterocycles. The Morgan fingerprint density at radius 3 is 2.62 bits per heavy atom. The van der Waals surface area contributed by atoms with Crippen molar-refractivity contribution < 1.29 is 9.53 Å². The van der Waals surface area contributed by atoms with Crippen LogP contribution in [0.3, 0.4) is 0 Å². The van der Waals surface area contributed by atoms with E-state index >= 15 is 0 Å². The van der Waals surface area contributed by atoms with Crippen LogP contribution in [0.5, 0.6) is 5.75 Å². The SMILES string of the molecule is COc1ccccc1NC(=O)N1CCN(C(C)C#N)CC1. The third-order valence-corrected chi connectivity index (χ3v) is 3.68. The van der Waals surface area contributed by atoms with Crippen molar-refractivity contribution in [2.24, 2.45) is 0 Å². The predicted molar refractivity (Wildman–Crippen MR) is 80.2 cm³/mol. The van der Waals surface area contributed by atoms with Crippen molar-refractivity contribution >= 4 is 11.7 Å². The number of para-hydroxylation sites is 2. The number of carbonyl (C=O) groups is 1. The quantitative estimate of drug-likeness (QED) is 0.920. The monoisotopic (exact) mass is 288 g/mol. The maximum Gasteiger partial charge on any atom is 0.322 e. The molecular weight excluding hydrogens is 268 g/mol. The Bertz CT molecular complexity index is 533. The Balaban J connectivity index is 1.92. The molecule has 1 atom stereocenters. The number of benzene rings is 1. The van der Waals surface area contributed by atoms with E-state index in [1.54, 1.807) is 12.0 Å². The second-order valence-electron chi connectivity index (χ2n) is 4.96. The summed E-state index contributed by atoms with van der Waals surface area (Å²) in [5, 5.41) is 11.8. The molecule has 2 rings (SSSR count). The number of nitrogens with zero attached hydrogens (tertiary/aromatic N) is 3. The summed E-state index contributed by atoms with van der Waals surface area (Å²) in [7, 11) is 1.58. The van der Waals surface area contributed by atoms with Crippen molar-refractivity contribution in [2.45, 2.75) is 13.0 Å². The maximum atomic E-state index is 12.3. The second kappa shape index (κ2) is 6.95. The molecule has 0 radical (unpaired) electrons. The summed E-state index contributed by atoms with van der Waals surface area (Å²) in [4.78, 5) is 16.1. The topological polar surface area (TPSA) is 68.6 Å². The van der Waals surface area contributed by atoms with Crippen molar-refractivity contribution in [3.63, 3.8) is 0 Å². The highest BCUT2D eigenvalue weighted by Crippen LogP contribution is 2.23. The van der Waals surface area contributed by atoms with Crippen molar-refractivity contribution in [2.75, 3.05) is 38.6 Å². The largest absolute Gasteiger partial charge is 0.495 e. The number of rotatable bonds is 3. The molecule has 1 heterocycles. The number of piperazine rings is 1. The molecule has 6 heteroatoms. The highest BCUT2D eigenvalue weighted by Gasteiger charge is 2.24. The van der Waals surface area contributed by atoms with Gasteiger partial charge in [-0.25, -0.2) is 4.79 Å². The Morgan fingerprint density at radius 2 is 2.00 bits per heavy atom. The third kappa shape index (κ3) is 3.64. The number of urea groups is 1. The minimum absolute atomic E-state index is 0.107. The molecule has 0 aliphatic carbocycles. The lowest BCUT2D eigenvalue weighted by Crippen LogP contribution is -2.52. The Morgan fingerprint density at radius 1 is 1.33 bits per heavy atom. The first-order chi connectivity index (χ1) is 10.2. The zero-order valence-electron chi connectivity index (χ0n) is 12.4. The summed E-state index contributed by atoms with van der Waals surface area (Å²) in [6, 6.07) is 9.31. The summed E-state index contributed by atoms with van der Waals surface area (Å²) < 4.78 is 5.22. The van der Waals surface area contributed by atoms with Crippen molar-refractivity contribution in [3.8, 4) is 11.8 Å². The van der Waals surface area contributed by atoms with Crippen LogP contribution in [-0.2, 0) is 0 Å². The van der Waals surface area contributed by atoms with Gasteiger partial charge in [-0.2, -0.15) is 5.26 Å². The van der Waals surface area contributed by atoms with Gasteiger partial charge in [-0.3, -0.25) is 4.90 Å². The van der Waals surface area contributed by atoms with Gasteiger partial charge in [0, 0.05) is 26.2 Å². The lowest BCUT2D eigenvalue weighted by molar-refractivity contribution is 0.135. The van der Waals surface area contributed by atoms with E-state index in [-0.39, 0.29) is 12.1 Å². The van der Waals surface area contributed by atoms with E-state index in [9.17, 15) is 4.79 Å². The first-order valence-corrected chi connectivity index (χ1v) is 6.98. The smallest absolute Gasteiger partial charge is 0.322 e. The van der Waals surface area contributed by atoms with Crippen LogP contribution < -0.4 is 10.1 Å². The lowest BCUT2D eigenvalue weighted by atomic mass is 10.2. The molecule has 0 bridgehead atoms.